The van der Waals surface area contributed by atoms with Gasteiger partial charge in [-0.25, -0.2) is 0 Å². The van der Waals surface area contributed by atoms with Gasteiger partial charge in [0.2, 0.25) is 0 Å². The zero-order valence-corrected chi connectivity index (χ0v) is 14.5. The van der Waals surface area contributed by atoms with Crippen LogP contribution in [0.3, 0.4) is 0 Å². The van der Waals surface area contributed by atoms with Crippen molar-refractivity contribution in [2.45, 2.75) is 39.7 Å². The number of benzene rings is 1. The molecule has 5 heteroatoms. The van der Waals surface area contributed by atoms with E-state index in [0.29, 0.717) is 6.04 Å². The summed E-state index contributed by atoms with van der Waals surface area (Å²) in [6.45, 7) is 7.45. The van der Waals surface area contributed by atoms with Crippen molar-refractivity contribution in [3.63, 3.8) is 0 Å². The summed E-state index contributed by atoms with van der Waals surface area (Å²) in [5.41, 5.74) is 2.37. The van der Waals surface area contributed by atoms with E-state index in [9.17, 15) is 0 Å². The Morgan fingerprint density at radius 2 is 2.05 bits per heavy atom. The molecule has 2 aromatic rings. The molecular weight excluding hydrogens is 334 g/mol. The lowest BCUT2D eigenvalue weighted by Gasteiger charge is -2.05. The quantitative estimate of drug-likeness (QED) is 0.790. The molecule has 0 aliphatic carbocycles. The van der Waals surface area contributed by atoms with Gasteiger partial charge in [0.05, 0.1) is 0 Å². The van der Waals surface area contributed by atoms with Crippen LogP contribution in [-0.2, 0) is 6.42 Å². The summed E-state index contributed by atoms with van der Waals surface area (Å²) in [6.07, 6.45) is 2.09. The Labute approximate surface area is 133 Å². The van der Waals surface area contributed by atoms with Crippen LogP contribution in [0.2, 0.25) is 0 Å². The van der Waals surface area contributed by atoms with Crippen LogP contribution in [0.1, 0.15) is 30.8 Å². The first-order valence-electron chi connectivity index (χ1n) is 6.88. The van der Waals surface area contributed by atoms with Gasteiger partial charge in [0.15, 0.2) is 0 Å². The van der Waals surface area contributed by atoms with Gasteiger partial charge < -0.3 is 5.32 Å². The van der Waals surface area contributed by atoms with E-state index in [2.05, 4.69) is 70.4 Å². The predicted molar refractivity (Wildman–Crippen MR) is 89.2 cm³/mol. The average Bonchev–Trinajstić information content (AvgIpc) is 2.82. The number of rotatable bonds is 6. The van der Waals surface area contributed by atoms with Crippen LogP contribution >= 0.6 is 27.3 Å². The highest BCUT2D eigenvalue weighted by Crippen LogP contribution is 2.27. The van der Waals surface area contributed by atoms with Crippen LogP contribution in [-0.4, -0.2) is 22.8 Å². The summed E-state index contributed by atoms with van der Waals surface area (Å²) in [7, 11) is 0. The van der Waals surface area contributed by atoms with Gasteiger partial charge in [-0.3, -0.25) is 0 Å². The van der Waals surface area contributed by atoms with E-state index < -0.39 is 0 Å². The Balaban J connectivity index is 1.98. The minimum atomic E-state index is 0.546. The molecule has 3 nitrogen and oxygen atoms in total. The number of nitrogens with zero attached hydrogens (tertiary/aromatic N) is 2. The fourth-order valence-electron chi connectivity index (χ4n) is 1.96. The monoisotopic (exact) mass is 353 g/mol. The summed E-state index contributed by atoms with van der Waals surface area (Å²) < 4.78 is 1.09. The number of hydrogen-bond donors (Lipinski definition) is 1. The lowest BCUT2D eigenvalue weighted by Crippen LogP contribution is -2.23. The maximum atomic E-state index is 4.31. The summed E-state index contributed by atoms with van der Waals surface area (Å²) >= 11 is 5.22. The van der Waals surface area contributed by atoms with Crippen molar-refractivity contribution in [3.05, 3.63) is 33.2 Å². The van der Waals surface area contributed by atoms with Gasteiger partial charge in [-0.1, -0.05) is 41.1 Å². The van der Waals surface area contributed by atoms with Crippen molar-refractivity contribution in [3.8, 4) is 10.6 Å². The van der Waals surface area contributed by atoms with E-state index in [-0.39, 0.29) is 0 Å². The van der Waals surface area contributed by atoms with Crippen LogP contribution in [0.25, 0.3) is 10.6 Å². The van der Waals surface area contributed by atoms with Crippen LogP contribution in [0.4, 0.5) is 0 Å². The third-order valence-corrected chi connectivity index (χ3v) is 4.37. The normalized spacial score (nSPS) is 11.2. The topological polar surface area (TPSA) is 37.8 Å². The van der Waals surface area contributed by atoms with Gasteiger partial charge in [0.25, 0.3) is 0 Å². The first kappa shape index (κ1) is 15.6. The molecule has 0 radical (unpaired) electrons. The summed E-state index contributed by atoms with van der Waals surface area (Å²) in [6, 6.07) is 6.89. The minimum absolute atomic E-state index is 0.546. The second-order valence-corrected chi connectivity index (χ2v) is 7.21. The molecule has 108 valence electrons. The fourth-order valence-corrected chi connectivity index (χ4v) is 3.44. The Morgan fingerprint density at radius 1 is 1.25 bits per heavy atom. The molecule has 1 heterocycles. The van der Waals surface area contributed by atoms with E-state index >= 15 is 0 Å². The van der Waals surface area contributed by atoms with E-state index in [4.69, 9.17) is 0 Å². The third-order valence-electron chi connectivity index (χ3n) is 2.88. The van der Waals surface area contributed by atoms with E-state index in [1.54, 1.807) is 11.3 Å². The van der Waals surface area contributed by atoms with Gasteiger partial charge in [-0.15, -0.1) is 10.2 Å². The highest BCUT2D eigenvalue weighted by atomic mass is 79.9. The van der Waals surface area contributed by atoms with Gasteiger partial charge in [-0.2, -0.15) is 0 Å². The number of aromatic nitrogens is 2. The average molecular weight is 354 g/mol. The van der Waals surface area contributed by atoms with Crippen LogP contribution in [0, 0.1) is 6.92 Å². The molecule has 0 bridgehead atoms. The van der Waals surface area contributed by atoms with Crippen molar-refractivity contribution in [2.24, 2.45) is 0 Å². The molecule has 0 saturated heterocycles. The third kappa shape index (κ3) is 4.65. The largest absolute Gasteiger partial charge is 0.315 e. The smallest absolute Gasteiger partial charge is 0.147 e. The molecule has 0 aliphatic rings. The molecule has 20 heavy (non-hydrogen) atoms. The highest BCUT2D eigenvalue weighted by Gasteiger charge is 2.08. The fraction of sp³-hybridized carbons (Fsp3) is 0.467. The molecule has 0 amide bonds. The molecule has 1 aromatic carbocycles. The van der Waals surface area contributed by atoms with Crippen molar-refractivity contribution < 1.29 is 0 Å². The zero-order valence-electron chi connectivity index (χ0n) is 12.1. The molecule has 0 unspecified atom stereocenters. The zero-order chi connectivity index (χ0) is 14.5. The van der Waals surface area contributed by atoms with Crippen LogP contribution in [0.15, 0.2) is 22.7 Å². The Kier molecular flexibility index (Phi) is 5.69. The highest BCUT2D eigenvalue weighted by molar-refractivity contribution is 9.10. The van der Waals surface area contributed by atoms with Gasteiger partial charge in [0.1, 0.15) is 10.0 Å². The Hall–Kier alpha value is -0.780. The molecule has 0 atom stereocenters. The number of halogens is 1. The van der Waals surface area contributed by atoms with Crippen molar-refractivity contribution in [1.29, 1.82) is 0 Å². The first-order valence-corrected chi connectivity index (χ1v) is 8.49. The Bertz CT molecular complexity index is 546. The van der Waals surface area contributed by atoms with E-state index in [1.807, 2.05) is 0 Å². The molecule has 0 spiro atoms. The lowest BCUT2D eigenvalue weighted by atomic mass is 10.1. The second kappa shape index (κ2) is 7.29. The SMILES string of the molecule is Cc1cc(Br)cc(-c2nnc(CCCNC(C)C)s2)c1. The molecule has 2 rings (SSSR count). The van der Waals surface area contributed by atoms with Crippen molar-refractivity contribution in [2.75, 3.05) is 6.54 Å². The predicted octanol–water partition coefficient (Wildman–Crippen LogP) is 4.21. The molecule has 0 saturated carbocycles. The van der Waals surface area contributed by atoms with E-state index in [1.165, 1.54) is 5.56 Å². The summed E-state index contributed by atoms with van der Waals surface area (Å²) in [4.78, 5) is 0. The van der Waals surface area contributed by atoms with Crippen LogP contribution < -0.4 is 5.32 Å². The van der Waals surface area contributed by atoms with Crippen molar-refractivity contribution >= 4 is 27.3 Å². The lowest BCUT2D eigenvalue weighted by molar-refractivity contribution is 0.569. The molecular formula is C15H20BrN3S. The van der Waals surface area contributed by atoms with Gasteiger partial charge in [0, 0.05) is 22.5 Å². The van der Waals surface area contributed by atoms with Gasteiger partial charge in [-0.05, 0) is 43.7 Å². The number of hydrogen-bond acceptors (Lipinski definition) is 4. The van der Waals surface area contributed by atoms with Gasteiger partial charge >= 0.3 is 0 Å². The molecule has 0 fully saturated rings. The van der Waals surface area contributed by atoms with E-state index in [0.717, 1.165) is 39.4 Å². The second-order valence-electron chi connectivity index (χ2n) is 5.23. The standard InChI is InChI=1S/C15H20BrN3S/c1-10(2)17-6-4-5-14-18-19-15(20-14)12-7-11(3)8-13(16)9-12/h7-10,17H,4-6H2,1-3H3. The minimum Gasteiger partial charge on any atom is -0.315 e. The molecule has 1 N–H and O–H groups in total. The van der Waals surface area contributed by atoms with Crippen molar-refractivity contribution in [1.82, 2.24) is 15.5 Å². The maximum absolute atomic E-state index is 4.31. The maximum Gasteiger partial charge on any atom is 0.147 e. The Morgan fingerprint density at radius 3 is 2.75 bits per heavy atom. The summed E-state index contributed by atoms with van der Waals surface area (Å²) in [5.74, 6) is 0. The molecule has 0 aliphatic heterocycles. The number of nitrogens with one attached hydrogen (secondary N) is 1. The first-order chi connectivity index (χ1) is 9.54. The van der Waals surface area contributed by atoms with Crippen LogP contribution in [0.5, 0.6) is 0 Å². The molecule has 1 aromatic heterocycles. The summed E-state index contributed by atoms with van der Waals surface area (Å²) in [5, 5.41) is 14.1. The number of aryl methyl sites for hydroxylation is 2.